The highest BCUT2D eigenvalue weighted by Crippen LogP contribution is 2.27. The van der Waals surface area contributed by atoms with Gasteiger partial charge in [-0.15, -0.1) is 0 Å². The Balaban J connectivity index is 2.51. The van der Waals surface area contributed by atoms with Gasteiger partial charge >= 0.3 is 5.97 Å². The summed E-state index contributed by atoms with van der Waals surface area (Å²) in [5.74, 6) is -1.27. The van der Waals surface area contributed by atoms with Crippen molar-refractivity contribution in [1.82, 2.24) is 0 Å². The van der Waals surface area contributed by atoms with Crippen LogP contribution in [0.4, 0.5) is 4.39 Å². The van der Waals surface area contributed by atoms with E-state index in [1.165, 1.54) is 18.2 Å². The number of benzene rings is 1. The molecule has 66 valence electrons. The lowest BCUT2D eigenvalue weighted by Crippen LogP contribution is -1.97. The van der Waals surface area contributed by atoms with Crippen LogP contribution in [0, 0.1) is 5.82 Å². The number of allylic oxidation sites excluding steroid dienone is 1. The summed E-state index contributed by atoms with van der Waals surface area (Å²) in [6.45, 7) is 0. The zero-order chi connectivity index (χ0) is 9.42. The van der Waals surface area contributed by atoms with Gasteiger partial charge in [-0.1, -0.05) is 12.1 Å². The number of fused-ring (bicyclic) bond motifs is 1. The first-order chi connectivity index (χ1) is 6.18. The van der Waals surface area contributed by atoms with Gasteiger partial charge in [0, 0.05) is 0 Å². The molecule has 0 spiro atoms. The second-order valence-electron chi connectivity index (χ2n) is 2.93. The number of halogens is 1. The Morgan fingerprint density at radius 2 is 2.23 bits per heavy atom. The number of rotatable bonds is 1. The third-order valence-electron chi connectivity index (χ3n) is 2.11. The topological polar surface area (TPSA) is 37.3 Å². The van der Waals surface area contributed by atoms with Crippen LogP contribution in [0.1, 0.15) is 11.1 Å². The lowest BCUT2D eigenvalue weighted by molar-refractivity contribution is -0.130. The third-order valence-corrected chi connectivity index (χ3v) is 2.11. The molecule has 0 aromatic heterocycles. The highest BCUT2D eigenvalue weighted by Gasteiger charge is 2.19. The van der Waals surface area contributed by atoms with Crippen LogP contribution in [0.5, 0.6) is 0 Å². The highest BCUT2D eigenvalue weighted by atomic mass is 19.1. The van der Waals surface area contributed by atoms with Gasteiger partial charge in [0.2, 0.25) is 0 Å². The second-order valence-corrected chi connectivity index (χ2v) is 2.93. The van der Waals surface area contributed by atoms with Gasteiger partial charge in [0.05, 0.1) is 5.57 Å². The molecular formula is C10H7FO2. The third kappa shape index (κ3) is 1.22. The van der Waals surface area contributed by atoms with E-state index in [-0.39, 0.29) is 11.4 Å². The Bertz CT molecular complexity index is 407. The fraction of sp³-hybridized carbons (Fsp3) is 0.100. The minimum atomic E-state index is -0.953. The van der Waals surface area contributed by atoms with E-state index in [0.29, 0.717) is 12.0 Å². The summed E-state index contributed by atoms with van der Waals surface area (Å²) in [4.78, 5) is 10.7. The molecule has 1 aliphatic rings. The van der Waals surface area contributed by atoms with E-state index in [0.717, 1.165) is 5.56 Å². The molecule has 0 aliphatic heterocycles. The SMILES string of the molecule is O=C(O)C1=CCc2cc(F)ccc21. The van der Waals surface area contributed by atoms with Crippen molar-refractivity contribution in [2.75, 3.05) is 0 Å². The molecule has 1 aromatic carbocycles. The van der Waals surface area contributed by atoms with Crippen LogP contribution in [-0.4, -0.2) is 11.1 Å². The van der Waals surface area contributed by atoms with Gasteiger partial charge in [-0.25, -0.2) is 9.18 Å². The van der Waals surface area contributed by atoms with Crippen LogP contribution in [0.2, 0.25) is 0 Å². The molecule has 0 radical (unpaired) electrons. The second kappa shape index (κ2) is 2.69. The zero-order valence-corrected chi connectivity index (χ0v) is 6.75. The van der Waals surface area contributed by atoms with Gasteiger partial charge in [0.1, 0.15) is 5.82 Å². The van der Waals surface area contributed by atoms with E-state index in [9.17, 15) is 9.18 Å². The molecule has 0 unspecified atom stereocenters. The van der Waals surface area contributed by atoms with Crippen molar-refractivity contribution < 1.29 is 14.3 Å². The van der Waals surface area contributed by atoms with Crippen molar-refractivity contribution in [3.63, 3.8) is 0 Å². The molecule has 0 bridgehead atoms. The first-order valence-corrected chi connectivity index (χ1v) is 3.91. The fourth-order valence-electron chi connectivity index (χ4n) is 1.52. The minimum absolute atomic E-state index is 0.273. The summed E-state index contributed by atoms with van der Waals surface area (Å²) in [5.41, 5.74) is 1.65. The lowest BCUT2D eigenvalue weighted by atomic mass is 10.1. The molecule has 2 rings (SSSR count). The summed E-state index contributed by atoms with van der Waals surface area (Å²) in [7, 11) is 0. The number of carboxylic acids is 1. The predicted molar refractivity (Wildman–Crippen MR) is 45.7 cm³/mol. The fourth-order valence-corrected chi connectivity index (χ4v) is 1.52. The molecule has 0 heterocycles. The Kier molecular flexibility index (Phi) is 1.65. The molecule has 3 heteroatoms. The standard InChI is InChI=1S/C10H7FO2/c11-7-2-4-8-6(5-7)1-3-9(8)10(12)13/h2-5H,1H2,(H,12,13). The van der Waals surface area contributed by atoms with E-state index in [1.54, 1.807) is 6.08 Å². The largest absolute Gasteiger partial charge is 0.478 e. The van der Waals surface area contributed by atoms with Gasteiger partial charge in [-0.2, -0.15) is 0 Å². The monoisotopic (exact) mass is 178 g/mol. The summed E-state index contributed by atoms with van der Waals surface area (Å²) in [6, 6.07) is 4.17. The maximum absolute atomic E-state index is 12.7. The number of carboxylic acid groups (broad SMARTS) is 1. The minimum Gasteiger partial charge on any atom is -0.478 e. The average molecular weight is 178 g/mol. The Morgan fingerprint density at radius 3 is 2.92 bits per heavy atom. The molecule has 0 fully saturated rings. The molecule has 13 heavy (non-hydrogen) atoms. The molecule has 1 N–H and O–H groups in total. The Labute approximate surface area is 74.3 Å². The van der Waals surface area contributed by atoms with Crippen molar-refractivity contribution in [1.29, 1.82) is 0 Å². The molecule has 0 atom stereocenters. The summed E-state index contributed by atoms with van der Waals surface area (Å²) < 4.78 is 12.7. The molecule has 0 amide bonds. The number of hydrogen-bond acceptors (Lipinski definition) is 1. The van der Waals surface area contributed by atoms with Crippen LogP contribution in [0.3, 0.4) is 0 Å². The average Bonchev–Trinajstić information content (AvgIpc) is 2.46. The van der Waals surface area contributed by atoms with Gasteiger partial charge < -0.3 is 5.11 Å². The van der Waals surface area contributed by atoms with Crippen molar-refractivity contribution >= 4 is 11.5 Å². The van der Waals surface area contributed by atoms with E-state index in [2.05, 4.69) is 0 Å². The number of carbonyl (C=O) groups is 1. The molecule has 1 aromatic rings. The van der Waals surface area contributed by atoms with E-state index in [4.69, 9.17) is 5.11 Å². The smallest absolute Gasteiger partial charge is 0.335 e. The first-order valence-electron chi connectivity index (χ1n) is 3.91. The summed E-state index contributed by atoms with van der Waals surface area (Å²) in [5, 5.41) is 8.77. The first kappa shape index (κ1) is 7.98. The van der Waals surface area contributed by atoms with Crippen molar-refractivity contribution in [3.8, 4) is 0 Å². The van der Waals surface area contributed by atoms with Crippen LogP contribution in [0.25, 0.3) is 5.57 Å². The normalized spacial score (nSPS) is 13.8. The van der Waals surface area contributed by atoms with Gasteiger partial charge in [0.25, 0.3) is 0 Å². The molecular weight excluding hydrogens is 171 g/mol. The lowest BCUT2D eigenvalue weighted by Gasteiger charge is -2.00. The van der Waals surface area contributed by atoms with Crippen molar-refractivity contribution in [2.45, 2.75) is 6.42 Å². The van der Waals surface area contributed by atoms with Crippen LogP contribution in [-0.2, 0) is 11.2 Å². The summed E-state index contributed by atoms with van der Waals surface area (Å²) in [6.07, 6.45) is 2.11. The summed E-state index contributed by atoms with van der Waals surface area (Å²) >= 11 is 0. The Morgan fingerprint density at radius 1 is 1.46 bits per heavy atom. The molecule has 1 aliphatic carbocycles. The quantitative estimate of drug-likeness (QED) is 0.712. The van der Waals surface area contributed by atoms with Gasteiger partial charge in [0.15, 0.2) is 0 Å². The predicted octanol–water partition coefficient (Wildman–Crippen LogP) is 1.85. The maximum Gasteiger partial charge on any atom is 0.335 e. The van der Waals surface area contributed by atoms with E-state index >= 15 is 0 Å². The van der Waals surface area contributed by atoms with Crippen LogP contribution in [0.15, 0.2) is 24.3 Å². The van der Waals surface area contributed by atoms with Gasteiger partial charge in [-0.05, 0) is 29.7 Å². The molecule has 0 saturated heterocycles. The van der Waals surface area contributed by atoms with Crippen molar-refractivity contribution in [2.24, 2.45) is 0 Å². The molecule has 2 nitrogen and oxygen atoms in total. The van der Waals surface area contributed by atoms with Crippen LogP contribution >= 0.6 is 0 Å². The van der Waals surface area contributed by atoms with Crippen LogP contribution < -0.4 is 0 Å². The molecule has 0 saturated carbocycles. The number of aliphatic carboxylic acids is 1. The van der Waals surface area contributed by atoms with Gasteiger partial charge in [-0.3, -0.25) is 0 Å². The zero-order valence-electron chi connectivity index (χ0n) is 6.75. The maximum atomic E-state index is 12.7. The van der Waals surface area contributed by atoms with Crippen molar-refractivity contribution in [3.05, 3.63) is 41.2 Å². The highest BCUT2D eigenvalue weighted by molar-refractivity contribution is 6.16. The number of hydrogen-bond donors (Lipinski definition) is 1. The van der Waals surface area contributed by atoms with E-state index in [1.807, 2.05) is 0 Å². The Hall–Kier alpha value is -1.64. The van der Waals surface area contributed by atoms with E-state index < -0.39 is 5.97 Å².